The Kier molecular flexibility index (Phi) is 5.38. The number of aromatic nitrogens is 3. The van der Waals surface area contributed by atoms with E-state index >= 15 is 0 Å². The third kappa shape index (κ3) is 5.08. The van der Waals surface area contributed by atoms with Crippen molar-refractivity contribution in [2.24, 2.45) is 0 Å². The van der Waals surface area contributed by atoms with Gasteiger partial charge < -0.3 is 15.4 Å². The van der Waals surface area contributed by atoms with E-state index in [9.17, 15) is 27.6 Å². The third-order valence-electron chi connectivity index (χ3n) is 5.23. The smallest absolute Gasteiger partial charge is 0.406 e. The van der Waals surface area contributed by atoms with E-state index in [2.05, 4.69) is 30.8 Å². The minimum Gasteiger partial charge on any atom is -0.406 e. The maximum absolute atomic E-state index is 12.8. The Morgan fingerprint density at radius 1 is 1.23 bits per heavy atom. The highest BCUT2D eigenvalue weighted by molar-refractivity contribution is 6.15. The number of fused-ring (bicyclic) bond motifs is 1. The number of nitrogens with zero attached hydrogens (tertiary/aromatic N) is 3. The summed E-state index contributed by atoms with van der Waals surface area (Å²) in [4.78, 5) is 40.6. The summed E-state index contributed by atoms with van der Waals surface area (Å²) in [7, 11) is 0. The molecule has 3 amide bonds. The zero-order valence-electron chi connectivity index (χ0n) is 17.8. The molecule has 3 N–H and O–H groups in total. The summed E-state index contributed by atoms with van der Waals surface area (Å²) >= 11 is 0. The van der Waals surface area contributed by atoms with Crippen molar-refractivity contribution in [3.05, 3.63) is 53.2 Å². The quantitative estimate of drug-likeness (QED) is 0.361. The van der Waals surface area contributed by atoms with E-state index in [4.69, 9.17) is 0 Å². The van der Waals surface area contributed by atoms with Crippen molar-refractivity contribution in [3.8, 4) is 5.75 Å². The molecule has 5 rings (SSSR count). The minimum absolute atomic E-state index is 0.0675. The second-order valence-corrected chi connectivity index (χ2v) is 8.03. The van der Waals surface area contributed by atoms with Crippen molar-refractivity contribution >= 4 is 41.1 Å². The van der Waals surface area contributed by atoms with Crippen molar-refractivity contribution in [2.45, 2.75) is 31.7 Å². The molecule has 0 unspecified atom stereocenters. The van der Waals surface area contributed by atoms with Gasteiger partial charge in [-0.3, -0.25) is 19.7 Å². The van der Waals surface area contributed by atoms with Crippen LogP contribution in [-0.4, -0.2) is 44.7 Å². The number of ether oxygens (including phenoxy) is 1. The number of anilines is 2. The van der Waals surface area contributed by atoms with Gasteiger partial charge in [0.25, 0.3) is 11.8 Å². The molecule has 3 heterocycles. The summed E-state index contributed by atoms with van der Waals surface area (Å²) in [6.45, 7) is 0. The largest absolute Gasteiger partial charge is 0.573 e. The van der Waals surface area contributed by atoms with Crippen molar-refractivity contribution in [1.29, 1.82) is 0 Å². The standard InChI is InChI=1S/C22H17F3N6O4/c23-22(24,25)35-15-3-1-2-11(7-15)20(33)29-16-9-17(27-14-4-5-14)31-19(28-16)13(10-26-31)6-12-8-18(32)30-21(12)34/h1-3,6-7,9-10,14,27H,4-5,8H2,(H,28,29,33)(H,30,32,34)/b12-6+. The fraction of sp³-hybridized carbons (Fsp3) is 0.227. The molecule has 10 nitrogen and oxygen atoms in total. The fourth-order valence-electron chi connectivity index (χ4n) is 3.52. The van der Waals surface area contributed by atoms with Crippen LogP contribution in [0.5, 0.6) is 5.75 Å². The van der Waals surface area contributed by atoms with Gasteiger partial charge in [-0.25, -0.2) is 4.98 Å². The first-order chi connectivity index (χ1) is 16.6. The highest BCUT2D eigenvalue weighted by Gasteiger charge is 2.31. The lowest BCUT2D eigenvalue weighted by Gasteiger charge is -2.12. The molecule has 1 saturated carbocycles. The molecule has 2 aliphatic rings. The molecule has 0 bridgehead atoms. The van der Waals surface area contributed by atoms with Crippen LogP contribution in [0.25, 0.3) is 11.7 Å². The van der Waals surface area contributed by atoms with Gasteiger partial charge in [-0.2, -0.15) is 9.61 Å². The summed E-state index contributed by atoms with van der Waals surface area (Å²) in [6, 6.07) is 6.43. The van der Waals surface area contributed by atoms with E-state index in [0.29, 0.717) is 17.0 Å². The van der Waals surface area contributed by atoms with Gasteiger partial charge in [-0.05, 0) is 37.1 Å². The summed E-state index contributed by atoms with van der Waals surface area (Å²) in [5, 5.41) is 12.4. The van der Waals surface area contributed by atoms with Crippen LogP contribution in [0, 0.1) is 0 Å². The Balaban J connectivity index is 1.47. The Hall–Kier alpha value is -4.42. The van der Waals surface area contributed by atoms with Gasteiger partial charge in [0.2, 0.25) is 5.91 Å². The number of halogens is 3. The van der Waals surface area contributed by atoms with Crippen molar-refractivity contribution in [2.75, 3.05) is 10.6 Å². The highest BCUT2D eigenvalue weighted by Crippen LogP contribution is 2.28. The van der Waals surface area contributed by atoms with E-state index in [1.807, 2.05) is 0 Å². The lowest BCUT2D eigenvalue weighted by atomic mass is 10.1. The topological polar surface area (TPSA) is 127 Å². The molecule has 2 fully saturated rings. The van der Waals surface area contributed by atoms with E-state index in [0.717, 1.165) is 25.0 Å². The van der Waals surface area contributed by atoms with Gasteiger partial charge in [0.1, 0.15) is 17.4 Å². The molecule has 1 aliphatic carbocycles. The second-order valence-electron chi connectivity index (χ2n) is 8.03. The molecule has 0 spiro atoms. The van der Waals surface area contributed by atoms with Gasteiger partial charge in [0, 0.05) is 28.8 Å². The Morgan fingerprint density at radius 3 is 2.71 bits per heavy atom. The molecule has 13 heteroatoms. The van der Waals surface area contributed by atoms with Crippen LogP contribution >= 0.6 is 0 Å². The van der Waals surface area contributed by atoms with Gasteiger partial charge >= 0.3 is 6.36 Å². The Bertz CT molecular complexity index is 1390. The molecular formula is C22H17F3N6O4. The first-order valence-electron chi connectivity index (χ1n) is 10.5. The van der Waals surface area contributed by atoms with Crippen LogP contribution in [0.1, 0.15) is 35.2 Å². The molecule has 3 aromatic rings. The van der Waals surface area contributed by atoms with E-state index in [1.165, 1.54) is 28.9 Å². The number of carbonyl (C=O) groups is 3. The number of hydrogen-bond donors (Lipinski definition) is 3. The number of amides is 3. The number of rotatable bonds is 6. The second kappa shape index (κ2) is 8.42. The SMILES string of the molecule is O=C1C/C(=C\c2cnn3c(NC4CC4)cc(NC(=O)c4cccc(OC(F)(F)F)c4)nc23)C(=O)N1. The van der Waals surface area contributed by atoms with Gasteiger partial charge in [-0.1, -0.05) is 6.07 Å². The molecule has 0 radical (unpaired) electrons. The van der Waals surface area contributed by atoms with E-state index in [-0.39, 0.29) is 29.4 Å². The Labute approximate surface area is 195 Å². The van der Waals surface area contributed by atoms with E-state index in [1.54, 1.807) is 6.07 Å². The maximum atomic E-state index is 12.8. The zero-order valence-corrected chi connectivity index (χ0v) is 17.8. The van der Waals surface area contributed by atoms with Crippen molar-refractivity contribution in [3.63, 3.8) is 0 Å². The molecule has 180 valence electrons. The van der Waals surface area contributed by atoms with Crippen LogP contribution in [-0.2, 0) is 9.59 Å². The monoisotopic (exact) mass is 486 g/mol. The Morgan fingerprint density at radius 2 is 2.03 bits per heavy atom. The third-order valence-corrected chi connectivity index (χ3v) is 5.23. The number of hydrogen-bond acceptors (Lipinski definition) is 7. The zero-order chi connectivity index (χ0) is 24.7. The lowest BCUT2D eigenvalue weighted by molar-refractivity contribution is -0.274. The number of benzene rings is 1. The van der Waals surface area contributed by atoms with Crippen LogP contribution < -0.4 is 20.7 Å². The highest BCUT2D eigenvalue weighted by atomic mass is 19.4. The number of imide groups is 1. The van der Waals surface area contributed by atoms with Gasteiger partial charge in [-0.15, -0.1) is 13.2 Å². The number of alkyl halides is 3. The molecule has 1 aliphatic heterocycles. The average Bonchev–Trinajstić information content (AvgIpc) is 3.41. The maximum Gasteiger partial charge on any atom is 0.573 e. The molecular weight excluding hydrogens is 469 g/mol. The molecule has 35 heavy (non-hydrogen) atoms. The average molecular weight is 486 g/mol. The number of carbonyl (C=O) groups excluding carboxylic acids is 3. The first kappa shape index (κ1) is 22.4. The summed E-state index contributed by atoms with van der Waals surface area (Å²) in [5.41, 5.74) is 0.932. The van der Waals surface area contributed by atoms with Crippen LogP contribution in [0.15, 0.2) is 42.1 Å². The number of nitrogens with one attached hydrogen (secondary N) is 3. The van der Waals surface area contributed by atoms with Crippen molar-refractivity contribution in [1.82, 2.24) is 19.9 Å². The van der Waals surface area contributed by atoms with Crippen molar-refractivity contribution < 1.29 is 32.3 Å². The van der Waals surface area contributed by atoms with Crippen LogP contribution in [0.2, 0.25) is 0 Å². The summed E-state index contributed by atoms with van der Waals surface area (Å²) < 4.78 is 43.0. The summed E-state index contributed by atoms with van der Waals surface area (Å²) in [5.74, 6) is -1.51. The van der Waals surface area contributed by atoms with Crippen LogP contribution in [0.3, 0.4) is 0 Å². The van der Waals surface area contributed by atoms with Gasteiger partial charge in [0.05, 0.1) is 12.6 Å². The normalized spacial score (nSPS) is 17.1. The predicted molar refractivity (Wildman–Crippen MR) is 116 cm³/mol. The molecule has 1 saturated heterocycles. The lowest BCUT2D eigenvalue weighted by Crippen LogP contribution is -2.19. The van der Waals surface area contributed by atoms with Crippen LogP contribution in [0.4, 0.5) is 24.8 Å². The minimum atomic E-state index is -4.89. The molecule has 1 aromatic carbocycles. The predicted octanol–water partition coefficient (Wildman–Crippen LogP) is 2.88. The van der Waals surface area contributed by atoms with E-state index < -0.39 is 29.8 Å². The fourth-order valence-corrected chi connectivity index (χ4v) is 3.52. The van der Waals surface area contributed by atoms with Gasteiger partial charge in [0.15, 0.2) is 5.65 Å². The molecule has 0 atom stereocenters. The first-order valence-corrected chi connectivity index (χ1v) is 10.5. The molecule has 2 aromatic heterocycles. The summed E-state index contributed by atoms with van der Waals surface area (Å²) in [6.07, 6.45) is -0.0715.